The summed E-state index contributed by atoms with van der Waals surface area (Å²) >= 11 is 9.89. The van der Waals surface area contributed by atoms with E-state index in [0.29, 0.717) is 38.2 Å². The lowest BCUT2D eigenvalue weighted by atomic mass is 9.81. The fourth-order valence-corrected chi connectivity index (χ4v) is 4.88. The molecule has 1 unspecified atom stereocenters. The number of carbonyl (C=O) groups is 1. The average molecular weight is 447 g/mol. The molecule has 1 aliphatic heterocycles. The fraction of sp³-hybridized carbons (Fsp3) is 0.632. The topological polar surface area (TPSA) is 48.0 Å². The van der Waals surface area contributed by atoms with Gasteiger partial charge in [0.1, 0.15) is 5.02 Å². The van der Waals surface area contributed by atoms with E-state index >= 15 is 0 Å². The number of esters is 1. The van der Waals surface area contributed by atoms with Gasteiger partial charge in [-0.25, -0.2) is 4.79 Å². The minimum atomic E-state index is -0.776. The number of hydrogen-bond acceptors (Lipinski definition) is 5. The second-order valence-electron chi connectivity index (χ2n) is 7.47. The molecule has 144 valence electrons. The standard InChI is InChI=1S/C19H25BrClNO4/c1-10-13(18(23)24-5)14(20)15(21)17-16(10)25-19(2,26-17)11-6-8-12(9-7-11)22(3)4/h11-12H,6-9H2,1-5H3/t11-,12-,19?. The van der Waals surface area contributed by atoms with Crippen molar-refractivity contribution in [3.05, 3.63) is 20.6 Å². The van der Waals surface area contributed by atoms with Gasteiger partial charge in [0, 0.05) is 24.4 Å². The molecule has 0 spiro atoms. The van der Waals surface area contributed by atoms with Crippen molar-refractivity contribution in [1.29, 1.82) is 0 Å². The van der Waals surface area contributed by atoms with Crippen molar-refractivity contribution in [1.82, 2.24) is 4.90 Å². The normalized spacial score (nSPS) is 27.7. The fourth-order valence-electron chi connectivity index (χ4n) is 4.03. The Morgan fingerprint density at radius 3 is 2.35 bits per heavy atom. The van der Waals surface area contributed by atoms with E-state index in [0.717, 1.165) is 25.7 Å². The van der Waals surface area contributed by atoms with Crippen LogP contribution < -0.4 is 9.47 Å². The Hall–Kier alpha value is -0.980. The summed E-state index contributed by atoms with van der Waals surface area (Å²) in [5, 5.41) is 0.344. The van der Waals surface area contributed by atoms with Crippen molar-refractivity contribution in [3.8, 4) is 11.5 Å². The minimum absolute atomic E-state index is 0.266. The van der Waals surface area contributed by atoms with Gasteiger partial charge in [0.25, 0.3) is 5.79 Å². The van der Waals surface area contributed by atoms with Crippen molar-refractivity contribution < 1.29 is 19.0 Å². The Morgan fingerprint density at radius 2 is 1.81 bits per heavy atom. The molecular weight excluding hydrogens is 422 g/mol. The predicted molar refractivity (Wildman–Crippen MR) is 104 cm³/mol. The van der Waals surface area contributed by atoms with Crippen molar-refractivity contribution in [2.45, 2.75) is 51.4 Å². The van der Waals surface area contributed by atoms with E-state index < -0.39 is 11.8 Å². The van der Waals surface area contributed by atoms with Crippen LogP contribution in [-0.2, 0) is 4.74 Å². The Morgan fingerprint density at radius 1 is 1.23 bits per heavy atom. The summed E-state index contributed by atoms with van der Waals surface area (Å²) < 4.78 is 17.9. The number of carbonyl (C=O) groups excluding carboxylic acids is 1. The quantitative estimate of drug-likeness (QED) is 0.624. The lowest BCUT2D eigenvalue weighted by Crippen LogP contribution is -2.46. The summed E-state index contributed by atoms with van der Waals surface area (Å²) in [4.78, 5) is 14.4. The summed E-state index contributed by atoms with van der Waals surface area (Å²) in [6.45, 7) is 3.79. The summed E-state index contributed by atoms with van der Waals surface area (Å²) in [5.74, 6) is 0.0730. The maximum atomic E-state index is 12.2. The SMILES string of the molecule is COC(=O)c1c(C)c2c(c(Cl)c1Br)OC(C)([C@H]1CC[C@H](N(C)C)CC1)O2. The summed E-state index contributed by atoms with van der Waals surface area (Å²) in [5.41, 5.74) is 1.05. The molecule has 1 fully saturated rings. The second kappa shape index (κ2) is 7.21. The summed E-state index contributed by atoms with van der Waals surface area (Å²) in [6, 6.07) is 0.601. The smallest absolute Gasteiger partial charge is 0.339 e. The largest absolute Gasteiger partial charge is 0.465 e. The molecule has 1 aromatic rings. The number of benzene rings is 1. The molecule has 26 heavy (non-hydrogen) atoms. The number of hydrogen-bond donors (Lipinski definition) is 0. The maximum Gasteiger partial charge on any atom is 0.339 e. The third kappa shape index (κ3) is 3.20. The number of fused-ring (bicyclic) bond motifs is 1. The first kappa shape index (κ1) is 19.8. The van der Waals surface area contributed by atoms with Crippen LogP contribution in [0.2, 0.25) is 5.02 Å². The number of rotatable bonds is 3. The molecule has 5 nitrogen and oxygen atoms in total. The maximum absolute atomic E-state index is 12.2. The number of ether oxygens (including phenoxy) is 3. The molecule has 1 heterocycles. The number of methoxy groups -OCH3 is 1. The van der Waals surface area contributed by atoms with Crippen LogP contribution in [0.5, 0.6) is 11.5 Å². The molecule has 7 heteroatoms. The van der Waals surface area contributed by atoms with Gasteiger partial charge in [-0.05, 0) is 62.6 Å². The third-order valence-corrected chi connectivity index (χ3v) is 7.08. The average Bonchev–Trinajstić information content (AvgIpc) is 2.99. The van der Waals surface area contributed by atoms with E-state index in [1.54, 1.807) is 0 Å². The van der Waals surface area contributed by atoms with E-state index in [1.165, 1.54) is 7.11 Å². The van der Waals surface area contributed by atoms with Gasteiger partial charge in [-0.2, -0.15) is 0 Å². The van der Waals surface area contributed by atoms with Gasteiger partial charge in [-0.3, -0.25) is 0 Å². The third-order valence-electron chi connectivity index (χ3n) is 5.70. The van der Waals surface area contributed by atoms with Crippen LogP contribution >= 0.6 is 27.5 Å². The highest BCUT2D eigenvalue weighted by Gasteiger charge is 2.48. The van der Waals surface area contributed by atoms with Gasteiger partial charge >= 0.3 is 5.97 Å². The van der Waals surface area contributed by atoms with E-state index in [2.05, 4.69) is 34.9 Å². The minimum Gasteiger partial charge on any atom is -0.465 e. The lowest BCUT2D eigenvalue weighted by Gasteiger charge is -2.39. The highest BCUT2D eigenvalue weighted by molar-refractivity contribution is 9.10. The zero-order valence-corrected chi connectivity index (χ0v) is 18.2. The Bertz CT molecular complexity index is 731. The van der Waals surface area contributed by atoms with Crippen molar-refractivity contribution >= 4 is 33.5 Å². The first-order chi connectivity index (χ1) is 12.2. The molecule has 0 radical (unpaired) electrons. The molecule has 1 saturated carbocycles. The van der Waals surface area contributed by atoms with E-state index in [-0.39, 0.29) is 5.92 Å². The second-order valence-corrected chi connectivity index (χ2v) is 8.64. The van der Waals surface area contributed by atoms with E-state index in [4.69, 9.17) is 25.8 Å². The summed E-state index contributed by atoms with van der Waals surface area (Å²) in [6.07, 6.45) is 4.27. The van der Waals surface area contributed by atoms with Crippen LogP contribution in [0.1, 0.15) is 48.5 Å². The van der Waals surface area contributed by atoms with Crippen LogP contribution in [0.3, 0.4) is 0 Å². The Balaban J connectivity index is 1.90. The molecule has 0 aromatic heterocycles. The van der Waals surface area contributed by atoms with Crippen molar-refractivity contribution in [2.75, 3.05) is 21.2 Å². The van der Waals surface area contributed by atoms with Gasteiger partial charge in [0.15, 0.2) is 11.5 Å². The molecule has 0 N–H and O–H groups in total. The molecule has 0 amide bonds. The summed E-state index contributed by atoms with van der Waals surface area (Å²) in [7, 11) is 5.60. The Kier molecular flexibility index (Phi) is 5.48. The Labute approximate surface area is 168 Å². The molecule has 1 aromatic carbocycles. The highest BCUT2D eigenvalue weighted by Crippen LogP contribution is 2.54. The number of halogens is 2. The van der Waals surface area contributed by atoms with Gasteiger partial charge in [-0.15, -0.1) is 0 Å². The van der Waals surface area contributed by atoms with Crippen LogP contribution in [0, 0.1) is 12.8 Å². The highest BCUT2D eigenvalue weighted by atomic mass is 79.9. The van der Waals surface area contributed by atoms with Crippen LogP contribution in [0.25, 0.3) is 0 Å². The van der Waals surface area contributed by atoms with Crippen LogP contribution in [0.15, 0.2) is 4.47 Å². The van der Waals surface area contributed by atoms with Gasteiger partial charge in [0.05, 0.1) is 17.1 Å². The van der Waals surface area contributed by atoms with Gasteiger partial charge in [-0.1, -0.05) is 11.6 Å². The molecule has 1 atom stereocenters. The van der Waals surface area contributed by atoms with E-state index in [9.17, 15) is 4.79 Å². The lowest BCUT2D eigenvalue weighted by molar-refractivity contribution is -0.123. The van der Waals surface area contributed by atoms with Gasteiger partial charge in [0.2, 0.25) is 0 Å². The van der Waals surface area contributed by atoms with Crippen molar-refractivity contribution in [3.63, 3.8) is 0 Å². The van der Waals surface area contributed by atoms with Crippen molar-refractivity contribution in [2.24, 2.45) is 5.92 Å². The van der Waals surface area contributed by atoms with Crippen LogP contribution in [-0.4, -0.2) is 43.9 Å². The molecule has 0 bridgehead atoms. The van der Waals surface area contributed by atoms with E-state index in [1.807, 2.05) is 13.8 Å². The molecule has 2 aliphatic rings. The molecule has 3 rings (SSSR count). The zero-order valence-electron chi connectivity index (χ0n) is 15.8. The van der Waals surface area contributed by atoms with Crippen LogP contribution in [0.4, 0.5) is 0 Å². The monoisotopic (exact) mass is 445 g/mol. The first-order valence-corrected chi connectivity index (χ1v) is 10.0. The predicted octanol–water partition coefficient (Wildman–Crippen LogP) is 4.81. The van der Waals surface area contributed by atoms with Gasteiger partial charge < -0.3 is 19.1 Å². The molecular formula is C19H25BrClNO4. The molecule has 1 aliphatic carbocycles. The first-order valence-electron chi connectivity index (χ1n) is 8.84. The number of nitrogens with zero attached hydrogens (tertiary/aromatic N) is 1. The molecule has 0 saturated heterocycles. The zero-order chi connectivity index (χ0) is 19.2.